The SMILES string of the molecule is C=CCN1CC(C2CC2)NCc2ccccc21. The molecular weight excluding hydrogens is 208 g/mol. The molecule has 0 amide bonds. The Labute approximate surface area is 103 Å². The first-order valence-electron chi connectivity index (χ1n) is 6.55. The van der Waals surface area contributed by atoms with Gasteiger partial charge < -0.3 is 10.2 Å². The van der Waals surface area contributed by atoms with Gasteiger partial charge in [0.2, 0.25) is 0 Å². The van der Waals surface area contributed by atoms with Crippen molar-refractivity contribution in [2.45, 2.75) is 25.4 Å². The second-order valence-corrected chi connectivity index (χ2v) is 5.15. The van der Waals surface area contributed by atoms with Crippen LogP contribution in [0.1, 0.15) is 18.4 Å². The van der Waals surface area contributed by atoms with Crippen LogP contribution in [-0.4, -0.2) is 19.1 Å². The van der Waals surface area contributed by atoms with Crippen molar-refractivity contribution in [3.05, 3.63) is 42.5 Å². The summed E-state index contributed by atoms with van der Waals surface area (Å²) in [6.07, 6.45) is 4.80. The quantitative estimate of drug-likeness (QED) is 0.800. The molecule has 1 saturated carbocycles. The van der Waals surface area contributed by atoms with Crippen LogP contribution in [0.15, 0.2) is 36.9 Å². The summed E-state index contributed by atoms with van der Waals surface area (Å²) in [7, 11) is 0. The number of benzene rings is 1. The monoisotopic (exact) mass is 228 g/mol. The standard InChI is InChI=1S/C15H20N2/c1-2-9-17-11-14(12-7-8-12)16-10-13-5-3-4-6-15(13)17/h2-6,12,14,16H,1,7-11H2. The van der Waals surface area contributed by atoms with E-state index < -0.39 is 0 Å². The summed E-state index contributed by atoms with van der Waals surface area (Å²) in [5.41, 5.74) is 2.79. The van der Waals surface area contributed by atoms with Gasteiger partial charge in [-0.25, -0.2) is 0 Å². The Morgan fingerprint density at radius 3 is 2.94 bits per heavy atom. The van der Waals surface area contributed by atoms with Crippen molar-refractivity contribution in [2.24, 2.45) is 5.92 Å². The van der Waals surface area contributed by atoms with Crippen LogP contribution in [0.2, 0.25) is 0 Å². The molecule has 17 heavy (non-hydrogen) atoms. The number of fused-ring (bicyclic) bond motifs is 1. The Hall–Kier alpha value is -1.28. The zero-order valence-corrected chi connectivity index (χ0v) is 10.2. The van der Waals surface area contributed by atoms with Gasteiger partial charge in [-0.05, 0) is 30.4 Å². The second-order valence-electron chi connectivity index (χ2n) is 5.15. The summed E-state index contributed by atoms with van der Waals surface area (Å²) < 4.78 is 0. The molecule has 1 aromatic carbocycles. The average Bonchev–Trinajstić information content (AvgIpc) is 3.16. The van der Waals surface area contributed by atoms with E-state index in [1.807, 2.05) is 6.08 Å². The molecule has 1 unspecified atom stereocenters. The van der Waals surface area contributed by atoms with Gasteiger partial charge >= 0.3 is 0 Å². The maximum absolute atomic E-state index is 3.88. The van der Waals surface area contributed by atoms with Gasteiger partial charge in [-0.1, -0.05) is 24.3 Å². The minimum Gasteiger partial charge on any atom is -0.366 e. The van der Waals surface area contributed by atoms with Gasteiger partial charge in [0.25, 0.3) is 0 Å². The van der Waals surface area contributed by atoms with Crippen molar-refractivity contribution in [1.82, 2.24) is 5.32 Å². The Morgan fingerprint density at radius 2 is 2.18 bits per heavy atom. The van der Waals surface area contributed by atoms with Crippen molar-refractivity contribution in [3.63, 3.8) is 0 Å². The number of hydrogen-bond acceptors (Lipinski definition) is 2. The number of hydrogen-bond donors (Lipinski definition) is 1. The van der Waals surface area contributed by atoms with Gasteiger partial charge in [0.05, 0.1) is 0 Å². The van der Waals surface area contributed by atoms with E-state index in [1.165, 1.54) is 24.1 Å². The van der Waals surface area contributed by atoms with Crippen LogP contribution < -0.4 is 10.2 Å². The Kier molecular flexibility index (Phi) is 2.89. The largest absolute Gasteiger partial charge is 0.366 e. The van der Waals surface area contributed by atoms with Crippen LogP contribution in [0, 0.1) is 5.92 Å². The van der Waals surface area contributed by atoms with E-state index in [4.69, 9.17) is 0 Å². The molecule has 0 bridgehead atoms. The van der Waals surface area contributed by atoms with E-state index >= 15 is 0 Å². The highest BCUT2D eigenvalue weighted by Gasteiger charge is 2.33. The zero-order valence-electron chi connectivity index (χ0n) is 10.2. The number of nitrogens with zero attached hydrogens (tertiary/aromatic N) is 1. The maximum Gasteiger partial charge on any atom is 0.0415 e. The van der Waals surface area contributed by atoms with E-state index in [9.17, 15) is 0 Å². The molecule has 90 valence electrons. The fourth-order valence-electron chi connectivity index (χ4n) is 2.75. The number of nitrogens with one attached hydrogen (secondary N) is 1. The molecular formula is C15H20N2. The lowest BCUT2D eigenvalue weighted by atomic mass is 10.1. The molecule has 1 N–H and O–H groups in total. The van der Waals surface area contributed by atoms with E-state index in [0.717, 1.165) is 25.6 Å². The van der Waals surface area contributed by atoms with E-state index in [0.29, 0.717) is 6.04 Å². The fraction of sp³-hybridized carbons (Fsp3) is 0.467. The molecule has 1 aliphatic heterocycles. The van der Waals surface area contributed by atoms with E-state index in [-0.39, 0.29) is 0 Å². The van der Waals surface area contributed by atoms with Crippen LogP contribution in [0.5, 0.6) is 0 Å². The lowest BCUT2D eigenvalue weighted by Gasteiger charge is -2.26. The van der Waals surface area contributed by atoms with Crippen LogP contribution in [0.4, 0.5) is 5.69 Å². The normalized spacial score (nSPS) is 24.0. The molecule has 3 rings (SSSR count). The molecule has 0 aromatic heterocycles. The van der Waals surface area contributed by atoms with Crippen molar-refractivity contribution in [2.75, 3.05) is 18.0 Å². The average molecular weight is 228 g/mol. The van der Waals surface area contributed by atoms with Crippen LogP contribution in [0.3, 0.4) is 0 Å². The van der Waals surface area contributed by atoms with Gasteiger partial charge in [-0.3, -0.25) is 0 Å². The molecule has 1 fully saturated rings. The van der Waals surface area contributed by atoms with Crippen molar-refractivity contribution >= 4 is 5.69 Å². The molecule has 0 spiro atoms. The summed E-state index contributed by atoms with van der Waals surface area (Å²) >= 11 is 0. The summed E-state index contributed by atoms with van der Waals surface area (Å²) in [6, 6.07) is 9.38. The molecule has 1 aliphatic carbocycles. The first-order valence-corrected chi connectivity index (χ1v) is 6.55. The molecule has 0 saturated heterocycles. The molecule has 1 aromatic rings. The van der Waals surface area contributed by atoms with Gasteiger partial charge in [-0.2, -0.15) is 0 Å². The summed E-state index contributed by atoms with van der Waals surface area (Å²) in [4.78, 5) is 2.46. The summed E-state index contributed by atoms with van der Waals surface area (Å²) in [6.45, 7) is 6.95. The summed E-state index contributed by atoms with van der Waals surface area (Å²) in [5, 5.41) is 3.71. The van der Waals surface area contributed by atoms with Crippen molar-refractivity contribution < 1.29 is 0 Å². The van der Waals surface area contributed by atoms with E-state index in [1.54, 1.807) is 0 Å². The highest BCUT2D eigenvalue weighted by molar-refractivity contribution is 5.55. The predicted octanol–water partition coefficient (Wildman–Crippen LogP) is 2.56. The number of rotatable bonds is 3. The molecule has 2 nitrogen and oxygen atoms in total. The Bertz CT molecular complexity index is 409. The highest BCUT2D eigenvalue weighted by atomic mass is 15.2. The smallest absolute Gasteiger partial charge is 0.0415 e. The van der Waals surface area contributed by atoms with Gasteiger partial charge in [0.15, 0.2) is 0 Å². The summed E-state index contributed by atoms with van der Waals surface area (Å²) in [5.74, 6) is 0.900. The second kappa shape index (κ2) is 4.53. The molecule has 0 radical (unpaired) electrons. The third-order valence-electron chi connectivity index (χ3n) is 3.84. The van der Waals surface area contributed by atoms with Gasteiger partial charge in [0, 0.05) is 31.4 Å². The predicted molar refractivity (Wildman–Crippen MR) is 72.2 cm³/mol. The lowest BCUT2D eigenvalue weighted by molar-refractivity contribution is 0.471. The van der Waals surface area contributed by atoms with Crippen LogP contribution in [0.25, 0.3) is 0 Å². The molecule has 2 aliphatic rings. The zero-order chi connectivity index (χ0) is 11.7. The highest BCUT2D eigenvalue weighted by Crippen LogP contribution is 2.35. The molecule has 2 heteroatoms. The third kappa shape index (κ3) is 2.22. The lowest BCUT2D eigenvalue weighted by Crippen LogP contribution is -2.39. The van der Waals surface area contributed by atoms with Crippen molar-refractivity contribution in [1.29, 1.82) is 0 Å². The number of para-hydroxylation sites is 1. The van der Waals surface area contributed by atoms with Gasteiger partial charge in [-0.15, -0.1) is 6.58 Å². The van der Waals surface area contributed by atoms with Crippen molar-refractivity contribution in [3.8, 4) is 0 Å². The van der Waals surface area contributed by atoms with Gasteiger partial charge in [0.1, 0.15) is 0 Å². The van der Waals surface area contributed by atoms with Crippen LogP contribution in [-0.2, 0) is 6.54 Å². The third-order valence-corrected chi connectivity index (χ3v) is 3.84. The molecule has 1 heterocycles. The Balaban J connectivity index is 1.88. The topological polar surface area (TPSA) is 15.3 Å². The minimum absolute atomic E-state index is 0.655. The fourth-order valence-corrected chi connectivity index (χ4v) is 2.75. The number of anilines is 1. The first-order chi connectivity index (χ1) is 8.38. The Morgan fingerprint density at radius 1 is 1.35 bits per heavy atom. The molecule has 1 atom stereocenters. The minimum atomic E-state index is 0.655. The van der Waals surface area contributed by atoms with E-state index in [2.05, 4.69) is 41.1 Å². The maximum atomic E-state index is 3.88. The van der Waals surface area contributed by atoms with Crippen LogP contribution >= 0.6 is 0 Å². The first kappa shape index (κ1) is 10.8.